The fourth-order valence-electron chi connectivity index (χ4n) is 3.20. The Morgan fingerprint density at radius 1 is 0.960 bits per heavy atom. The van der Waals surface area contributed by atoms with Gasteiger partial charge in [-0.1, -0.05) is 12.1 Å². The van der Waals surface area contributed by atoms with E-state index in [0.717, 1.165) is 32.8 Å². The van der Waals surface area contributed by atoms with Crippen molar-refractivity contribution in [2.24, 2.45) is 0 Å². The van der Waals surface area contributed by atoms with Crippen LogP contribution >= 0.6 is 0 Å². The lowest BCUT2D eigenvalue weighted by Gasteiger charge is -2.35. The van der Waals surface area contributed by atoms with Gasteiger partial charge in [0.05, 0.1) is 18.8 Å². The van der Waals surface area contributed by atoms with Crippen LogP contribution in [0, 0.1) is 5.82 Å². The van der Waals surface area contributed by atoms with Crippen molar-refractivity contribution in [3.63, 3.8) is 0 Å². The van der Waals surface area contributed by atoms with E-state index >= 15 is 0 Å². The maximum Gasteiger partial charge on any atom is 0.256 e. The van der Waals surface area contributed by atoms with Crippen LogP contribution in [0.3, 0.4) is 0 Å². The molecule has 0 saturated carbocycles. The number of amides is 2. The second-order valence-electron chi connectivity index (χ2n) is 6.36. The zero-order valence-corrected chi connectivity index (χ0v) is 14.3. The number of hydrogen-bond acceptors (Lipinski definition) is 4. The lowest BCUT2D eigenvalue weighted by molar-refractivity contribution is -0.133. The molecular formula is C18H24FN3O3. The van der Waals surface area contributed by atoms with Crippen LogP contribution in [0.15, 0.2) is 24.3 Å². The monoisotopic (exact) mass is 349 g/mol. The number of nitrogens with zero attached hydrogens (tertiary/aromatic N) is 3. The molecule has 2 amide bonds. The fraction of sp³-hybridized carbons (Fsp3) is 0.556. The Hall–Kier alpha value is -1.99. The molecule has 1 aromatic rings. The first-order valence-corrected chi connectivity index (χ1v) is 8.77. The SMILES string of the molecule is O=C(CCN1CCOCC1)N1CCN(C(=O)c2ccccc2F)CC1. The third-order valence-corrected chi connectivity index (χ3v) is 4.77. The third kappa shape index (κ3) is 4.55. The molecule has 2 heterocycles. The summed E-state index contributed by atoms with van der Waals surface area (Å²) in [6.45, 7) is 5.83. The average molecular weight is 349 g/mol. The molecule has 0 radical (unpaired) electrons. The van der Waals surface area contributed by atoms with E-state index in [4.69, 9.17) is 4.74 Å². The van der Waals surface area contributed by atoms with Gasteiger partial charge < -0.3 is 14.5 Å². The Labute approximate surface area is 147 Å². The standard InChI is InChI=1S/C18H24FN3O3/c19-16-4-2-1-3-15(16)18(24)22-9-7-21(8-10-22)17(23)5-6-20-11-13-25-14-12-20/h1-4H,5-14H2. The summed E-state index contributed by atoms with van der Waals surface area (Å²) in [6, 6.07) is 6.01. The Morgan fingerprint density at radius 3 is 2.28 bits per heavy atom. The summed E-state index contributed by atoms with van der Waals surface area (Å²) in [4.78, 5) is 30.4. The van der Waals surface area contributed by atoms with E-state index in [9.17, 15) is 14.0 Å². The van der Waals surface area contributed by atoms with Gasteiger partial charge in [-0.25, -0.2) is 4.39 Å². The number of carbonyl (C=O) groups excluding carboxylic acids is 2. The molecule has 25 heavy (non-hydrogen) atoms. The number of benzene rings is 1. The largest absolute Gasteiger partial charge is 0.379 e. The van der Waals surface area contributed by atoms with Gasteiger partial charge in [-0.05, 0) is 12.1 Å². The van der Waals surface area contributed by atoms with Gasteiger partial charge in [0.15, 0.2) is 0 Å². The molecule has 2 fully saturated rings. The smallest absolute Gasteiger partial charge is 0.256 e. The van der Waals surface area contributed by atoms with Gasteiger partial charge in [-0.3, -0.25) is 14.5 Å². The molecule has 0 bridgehead atoms. The Balaban J connectivity index is 1.45. The van der Waals surface area contributed by atoms with E-state index in [1.807, 2.05) is 0 Å². The number of morpholine rings is 1. The van der Waals surface area contributed by atoms with Gasteiger partial charge in [0.1, 0.15) is 5.82 Å². The Bertz CT molecular complexity index is 611. The number of hydrogen-bond donors (Lipinski definition) is 0. The number of piperazine rings is 1. The van der Waals surface area contributed by atoms with Gasteiger partial charge in [-0.15, -0.1) is 0 Å². The predicted molar refractivity (Wildman–Crippen MR) is 90.8 cm³/mol. The van der Waals surface area contributed by atoms with E-state index in [1.54, 1.807) is 21.9 Å². The molecule has 3 rings (SSSR count). The van der Waals surface area contributed by atoms with Crippen molar-refractivity contribution in [2.45, 2.75) is 6.42 Å². The van der Waals surface area contributed by atoms with Crippen molar-refractivity contribution < 1.29 is 18.7 Å². The first-order valence-electron chi connectivity index (χ1n) is 8.77. The second kappa shape index (κ2) is 8.40. The molecule has 2 aliphatic rings. The molecule has 0 atom stereocenters. The molecule has 136 valence electrons. The van der Waals surface area contributed by atoms with E-state index in [1.165, 1.54) is 12.1 Å². The van der Waals surface area contributed by atoms with Crippen LogP contribution in [-0.4, -0.2) is 85.5 Å². The molecule has 0 spiro atoms. The first kappa shape index (κ1) is 17.8. The van der Waals surface area contributed by atoms with Gasteiger partial charge >= 0.3 is 0 Å². The highest BCUT2D eigenvalue weighted by molar-refractivity contribution is 5.94. The lowest BCUT2D eigenvalue weighted by atomic mass is 10.1. The molecule has 0 aromatic heterocycles. The highest BCUT2D eigenvalue weighted by Crippen LogP contribution is 2.13. The topological polar surface area (TPSA) is 53.1 Å². The molecule has 6 nitrogen and oxygen atoms in total. The van der Waals surface area contributed by atoms with Crippen molar-refractivity contribution in [1.29, 1.82) is 0 Å². The van der Waals surface area contributed by atoms with Crippen molar-refractivity contribution in [3.05, 3.63) is 35.6 Å². The van der Waals surface area contributed by atoms with Crippen LogP contribution in [0.2, 0.25) is 0 Å². The van der Waals surface area contributed by atoms with E-state index < -0.39 is 5.82 Å². The summed E-state index contributed by atoms with van der Waals surface area (Å²) in [5.74, 6) is -0.695. The van der Waals surface area contributed by atoms with Gasteiger partial charge in [0.2, 0.25) is 5.91 Å². The molecule has 7 heteroatoms. The van der Waals surface area contributed by atoms with E-state index in [2.05, 4.69) is 4.90 Å². The Kier molecular flexibility index (Phi) is 5.99. The van der Waals surface area contributed by atoms with Crippen molar-refractivity contribution in [3.8, 4) is 0 Å². The number of rotatable bonds is 4. The minimum atomic E-state index is -0.503. The fourth-order valence-corrected chi connectivity index (χ4v) is 3.20. The van der Waals surface area contributed by atoms with Crippen LogP contribution in [0.25, 0.3) is 0 Å². The van der Waals surface area contributed by atoms with Crippen LogP contribution in [0.4, 0.5) is 4.39 Å². The van der Waals surface area contributed by atoms with E-state index in [-0.39, 0.29) is 17.4 Å². The third-order valence-electron chi connectivity index (χ3n) is 4.77. The predicted octanol–water partition coefficient (Wildman–Crippen LogP) is 0.832. The van der Waals surface area contributed by atoms with Crippen molar-refractivity contribution in [2.75, 3.05) is 59.0 Å². The first-order chi connectivity index (χ1) is 12.1. The maximum absolute atomic E-state index is 13.8. The van der Waals surface area contributed by atoms with Crippen molar-refractivity contribution in [1.82, 2.24) is 14.7 Å². The summed E-state index contributed by atoms with van der Waals surface area (Å²) in [6.07, 6.45) is 0.487. The van der Waals surface area contributed by atoms with Crippen molar-refractivity contribution >= 4 is 11.8 Å². The second-order valence-corrected chi connectivity index (χ2v) is 6.36. The number of ether oxygens (including phenoxy) is 1. The summed E-state index contributed by atoms with van der Waals surface area (Å²) in [5, 5.41) is 0. The summed E-state index contributed by atoms with van der Waals surface area (Å²) < 4.78 is 19.1. The quantitative estimate of drug-likeness (QED) is 0.808. The maximum atomic E-state index is 13.8. The molecule has 1 aromatic carbocycles. The van der Waals surface area contributed by atoms with Crippen LogP contribution in [0.1, 0.15) is 16.8 Å². The van der Waals surface area contributed by atoms with Gasteiger partial charge in [0, 0.05) is 52.2 Å². The Morgan fingerprint density at radius 2 is 1.60 bits per heavy atom. The van der Waals surface area contributed by atoms with Gasteiger partial charge in [-0.2, -0.15) is 0 Å². The lowest BCUT2D eigenvalue weighted by Crippen LogP contribution is -2.51. The van der Waals surface area contributed by atoms with Gasteiger partial charge in [0.25, 0.3) is 5.91 Å². The van der Waals surface area contributed by atoms with Crippen LogP contribution in [-0.2, 0) is 9.53 Å². The van der Waals surface area contributed by atoms with E-state index in [0.29, 0.717) is 32.6 Å². The number of halogens is 1. The molecular weight excluding hydrogens is 325 g/mol. The molecule has 0 N–H and O–H groups in total. The summed E-state index contributed by atoms with van der Waals surface area (Å²) in [5.41, 5.74) is 0.0922. The van der Waals surface area contributed by atoms with Crippen LogP contribution in [0.5, 0.6) is 0 Å². The molecule has 2 saturated heterocycles. The molecule has 2 aliphatic heterocycles. The highest BCUT2D eigenvalue weighted by atomic mass is 19.1. The highest BCUT2D eigenvalue weighted by Gasteiger charge is 2.26. The molecule has 0 aliphatic carbocycles. The molecule has 0 unspecified atom stereocenters. The minimum absolute atomic E-state index is 0.0922. The summed E-state index contributed by atoms with van der Waals surface area (Å²) in [7, 11) is 0. The zero-order chi connectivity index (χ0) is 17.6. The minimum Gasteiger partial charge on any atom is -0.379 e. The normalized spacial score (nSPS) is 19.1. The number of carbonyl (C=O) groups is 2. The van der Waals surface area contributed by atoms with Crippen LogP contribution < -0.4 is 0 Å². The summed E-state index contributed by atoms with van der Waals surface area (Å²) >= 11 is 0. The zero-order valence-electron chi connectivity index (χ0n) is 14.3. The average Bonchev–Trinajstić information content (AvgIpc) is 2.67.